The largest absolute Gasteiger partial charge is 0.490 e. The van der Waals surface area contributed by atoms with E-state index in [-0.39, 0.29) is 22.4 Å². The van der Waals surface area contributed by atoms with Crippen LogP contribution in [0.5, 0.6) is 5.75 Å². The highest BCUT2D eigenvalue weighted by molar-refractivity contribution is 7.90. The van der Waals surface area contributed by atoms with Crippen molar-refractivity contribution in [2.75, 3.05) is 13.1 Å². The second kappa shape index (κ2) is 10.5. The third-order valence-electron chi connectivity index (χ3n) is 4.30. The Bertz CT molecular complexity index is 1040. The maximum absolute atomic E-state index is 14.7. The summed E-state index contributed by atoms with van der Waals surface area (Å²) in [5.41, 5.74) is -0.00218. The van der Waals surface area contributed by atoms with Crippen LogP contribution in [0.25, 0.3) is 0 Å². The van der Waals surface area contributed by atoms with Crippen molar-refractivity contribution in [3.63, 3.8) is 0 Å². The molecule has 0 bridgehead atoms. The fraction of sp³-hybridized carbons (Fsp3) is 0.444. The third kappa shape index (κ3) is 6.84. The van der Waals surface area contributed by atoms with Gasteiger partial charge in [0, 0.05) is 23.2 Å². The Kier molecular flexibility index (Phi) is 8.54. The van der Waals surface area contributed by atoms with E-state index in [9.17, 15) is 30.4 Å². The normalized spacial score (nSPS) is 15.1. The first kappa shape index (κ1) is 25.9. The van der Waals surface area contributed by atoms with E-state index in [1.165, 1.54) is 13.1 Å². The van der Waals surface area contributed by atoms with Gasteiger partial charge in [0.05, 0.1) is 0 Å². The van der Waals surface area contributed by atoms with Gasteiger partial charge in [-0.3, -0.25) is 0 Å². The predicted molar refractivity (Wildman–Crippen MR) is 104 cm³/mol. The van der Waals surface area contributed by atoms with Gasteiger partial charge >= 0.3 is 12.1 Å². The number of carbonyl (C=O) groups is 1. The quantitative estimate of drug-likeness (QED) is 0.604. The molecule has 1 saturated heterocycles. The molecule has 0 unspecified atom stereocenters. The second-order valence-corrected chi connectivity index (χ2v) is 9.59. The van der Waals surface area contributed by atoms with Crippen molar-refractivity contribution in [3.05, 3.63) is 39.8 Å². The van der Waals surface area contributed by atoms with Crippen LogP contribution in [0.3, 0.4) is 0 Å². The van der Waals surface area contributed by atoms with Crippen molar-refractivity contribution >= 4 is 27.1 Å². The van der Waals surface area contributed by atoms with Gasteiger partial charge in [0.25, 0.3) is 0 Å². The summed E-state index contributed by atoms with van der Waals surface area (Å²) in [6.45, 7) is 2.94. The first-order valence-corrected chi connectivity index (χ1v) is 11.6. The molecule has 7 nitrogen and oxygen atoms in total. The molecule has 32 heavy (non-hydrogen) atoms. The lowest BCUT2D eigenvalue weighted by molar-refractivity contribution is -0.192. The molecule has 0 radical (unpaired) electrons. The number of aromatic nitrogens is 1. The van der Waals surface area contributed by atoms with E-state index in [4.69, 9.17) is 14.6 Å². The van der Waals surface area contributed by atoms with Crippen LogP contribution in [0.2, 0.25) is 0 Å². The number of rotatable bonds is 5. The smallest absolute Gasteiger partial charge is 0.490 e. The number of ether oxygens (including phenoxy) is 1. The number of hydrogen-bond acceptors (Lipinski definition) is 7. The van der Waals surface area contributed by atoms with E-state index in [0.717, 1.165) is 43.3 Å². The zero-order valence-electron chi connectivity index (χ0n) is 16.6. The zero-order valence-corrected chi connectivity index (χ0v) is 18.2. The van der Waals surface area contributed by atoms with Gasteiger partial charge in [-0.1, -0.05) is 0 Å². The lowest BCUT2D eigenvalue weighted by Crippen LogP contribution is -2.34. The first-order valence-electron chi connectivity index (χ1n) is 9.10. The van der Waals surface area contributed by atoms with Crippen molar-refractivity contribution < 1.29 is 45.0 Å². The molecule has 1 aliphatic heterocycles. The number of nitrogens with one attached hydrogen (secondary N) is 1. The molecule has 0 atom stereocenters. The minimum absolute atomic E-state index is 0.00218. The van der Waals surface area contributed by atoms with Crippen LogP contribution in [0.4, 0.5) is 22.0 Å². The SMILES string of the molecule is Cc1c(OC2CCNCC2)cc(F)c(S(=O)(=O)Cc2nccs2)c1F.O=C(O)C(F)(F)F. The molecular formula is C18H19F5N2O5S2. The van der Waals surface area contributed by atoms with Gasteiger partial charge in [-0.05, 0) is 32.9 Å². The summed E-state index contributed by atoms with van der Waals surface area (Å²) in [6.07, 6.45) is -2.32. The molecule has 1 aromatic carbocycles. The molecule has 2 heterocycles. The van der Waals surface area contributed by atoms with Crippen molar-refractivity contribution in [1.82, 2.24) is 10.3 Å². The van der Waals surface area contributed by atoms with E-state index < -0.39 is 44.3 Å². The van der Waals surface area contributed by atoms with Crippen LogP contribution < -0.4 is 10.1 Å². The van der Waals surface area contributed by atoms with Crippen LogP contribution in [-0.2, 0) is 20.4 Å². The molecule has 0 amide bonds. The van der Waals surface area contributed by atoms with E-state index in [1.54, 1.807) is 5.38 Å². The summed E-state index contributed by atoms with van der Waals surface area (Å²) in [5.74, 6) is -5.47. The summed E-state index contributed by atoms with van der Waals surface area (Å²) in [5, 5.41) is 12.2. The topological polar surface area (TPSA) is 106 Å². The highest BCUT2D eigenvalue weighted by Gasteiger charge is 2.38. The van der Waals surface area contributed by atoms with E-state index >= 15 is 0 Å². The van der Waals surface area contributed by atoms with Crippen molar-refractivity contribution in [1.29, 1.82) is 0 Å². The molecule has 1 aliphatic rings. The number of sulfone groups is 1. The van der Waals surface area contributed by atoms with Crippen LogP contribution in [0.15, 0.2) is 22.5 Å². The standard InChI is InChI=1S/C16H18F2N2O3S2.C2HF3O2/c1-10-13(23-11-2-4-19-5-3-11)8-12(17)16(15(10)18)25(21,22)9-14-20-6-7-24-14;3-2(4,5)1(6)7/h6-8,11,19H,2-5,9H2,1H3;(H,6,7). The Morgan fingerprint density at radius 2 is 1.91 bits per heavy atom. The van der Waals surface area contributed by atoms with Crippen LogP contribution in [0.1, 0.15) is 23.4 Å². The fourth-order valence-corrected chi connectivity index (χ4v) is 5.20. The van der Waals surface area contributed by atoms with E-state index in [0.29, 0.717) is 0 Å². The summed E-state index contributed by atoms with van der Waals surface area (Å²) in [4.78, 5) is 11.8. The number of aliphatic carboxylic acids is 1. The number of piperidine rings is 1. The Hall–Kier alpha value is -2.32. The highest BCUT2D eigenvalue weighted by atomic mass is 32.2. The van der Waals surface area contributed by atoms with Crippen molar-refractivity contribution in [3.8, 4) is 5.75 Å². The molecule has 2 N–H and O–H groups in total. The second-order valence-electron chi connectivity index (χ2n) is 6.68. The molecule has 3 rings (SSSR count). The highest BCUT2D eigenvalue weighted by Crippen LogP contribution is 2.32. The van der Waals surface area contributed by atoms with Crippen molar-refractivity contribution in [2.24, 2.45) is 0 Å². The number of thiazole rings is 1. The lowest BCUT2D eigenvalue weighted by atomic mass is 10.1. The monoisotopic (exact) mass is 502 g/mol. The summed E-state index contributed by atoms with van der Waals surface area (Å²) >= 11 is 1.12. The molecule has 1 aromatic heterocycles. The average molecular weight is 502 g/mol. The maximum Gasteiger partial charge on any atom is 0.490 e. The number of hydrogen-bond donors (Lipinski definition) is 2. The molecule has 178 valence electrons. The lowest BCUT2D eigenvalue weighted by Gasteiger charge is -2.25. The van der Waals surface area contributed by atoms with Crippen LogP contribution in [0, 0.1) is 18.6 Å². The summed E-state index contributed by atoms with van der Waals surface area (Å²) in [7, 11) is -4.18. The number of alkyl halides is 3. The summed E-state index contributed by atoms with van der Waals surface area (Å²) in [6, 6.07) is 0.967. The maximum atomic E-state index is 14.7. The van der Waals surface area contributed by atoms with Gasteiger partial charge in [-0.25, -0.2) is 27.0 Å². The van der Waals surface area contributed by atoms with Gasteiger partial charge in [0.15, 0.2) is 15.7 Å². The van der Waals surface area contributed by atoms with E-state index in [2.05, 4.69) is 10.3 Å². The van der Waals surface area contributed by atoms with E-state index in [1.807, 2.05) is 0 Å². The Balaban J connectivity index is 0.000000451. The number of halogens is 5. The molecule has 1 fully saturated rings. The summed E-state index contributed by atoms with van der Waals surface area (Å²) < 4.78 is 91.4. The Morgan fingerprint density at radius 1 is 1.31 bits per heavy atom. The van der Waals surface area contributed by atoms with Crippen LogP contribution in [-0.4, -0.2) is 49.8 Å². The fourth-order valence-electron chi connectivity index (χ4n) is 2.73. The van der Waals surface area contributed by atoms with Gasteiger partial charge in [-0.15, -0.1) is 11.3 Å². The molecule has 0 spiro atoms. The Labute approximate surface area is 184 Å². The molecule has 2 aromatic rings. The zero-order chi connectivity index (χ0) is 24.1. The number of nitrogens with zero attached hydrogens (tertiary/aromatic N) is 1. The molecule has 0 saturated carbocycles. The van der Waals surface area contributed by atoms with Crippen LogP contribution >= 0.6 is 11.3 Å². The molecule has 0 aliphatic carbocycles. The van der Waals surface area contributed by atoms with Gasteiger partial charge in [0.1, 0.15) is 33.3 Å². The number of carboxylic acids is 1. The van der Waals surface area contributed by atoms with Crippen molar-refractivity contribution in [2.45, 2.75) is 42.7 Å². The first-order chi connectivity index (χ1) is 14.8. The van der Waals surface area contributed by atoms with Gasteiger partial charge in [0.2, 0.25) is 0 Å². The minimum Gasteiger partial charge on any atom is -0.490 e. The number of carboxylic acid groups (broad SMARTS) is 1. The predicted octanol–water partition coefficient (Wildman–Crippen LogP) is 3.47. The third-order valence-corrected chi connectivity index (χ3v) is 6.92. The van der Waals surface area contributed by atoms with Gasteiger partial charge < -0.3 is 15.2 Å². The van der Waals surface area contributed by atoms with Gasteiger partial charge in [-0.2, -0.15) is 13.2 Å². The Morgan fingerprint density at radius 3 is 2.41 bits per heavy atom. The molecular weight excluding hydrogens is 483 g/mol. The molecule has 14 heteroatoms. The minimum atomic E-state index is -5.08. The number of benzene rings is 1. The average Bonchev–Trinajstić information content (AvgIpc) is 3.18.